The normalized spacial score (nSPS) is 19.2. The first kappa shape index (κ1) is 55.0. The van der Waals surface area contributed by atoms with E-state index in [0.29, 0.717) is 30.8 Å². The van der Waals surface area contributed by atoms with Crippen LogP contribution in [0.3, 0.4) is 0 Å². The molecule has 23 heteroatoms. The van der Waals surface area contributed by atoms with E-state index < -0.39 is 120 Å². The molecule has 0 bridgehead atoms. The topological polar surface area (TPSA) is 336 Å². The Kier molecular flexibility index (Phi) is 22.3. The van der Waals surface area contributed by atoms with Crippen LogP contribution in [0, 0.1) is 17.8 Å². The van der Waals surface area contributed by atoms with E-state index >= 15 is 0 Å². The minimum Gasteiger partial charge on any atom is -0.480 e. The zero-order valence-electron chi connectivity index (χ0n) is 39.0. The lowest BCUT2D eigenvalue weighted by molar-refractivity contribution is -0.148. The quantitative estimate of drug-likeness (QED) is 0.0475. The Balaban J connectivity index is 1.74. The van der Waals surface area contributed by atoms with Crippen LogP contribution >= 0.6 is 11.8 Å². The summed E-state index contributed by atoms with van der Waals surface area (Å²) >= 11 is 1.42. The van der Waals surface area contributed by atoms with Crippen molar-refractivity contribution in [3.05, 3.63) is 18.2 Å². The van der Waals surface area contributed by atoms with Crippen LogP contribution in [0.4, 0.5) is 0 Å². The Bertz CT molecular complexity index is 1830. The van der Waals surface area contributed by atoms with Crippen LogP contribution in [0.5, 0.6) is 0 Å². The smallest absolute Gasteiger partial charge is 0.326 e. The van der Waals surface area contributed by atoms with E-state index in [0.717, 1.165) is 6.42 Å². The summed E-state index contributed by atoms with van der Waals surface area (Å²) in [5, 5.41) is 40.5. The highest BCUT2D eigenvalue weighted by atomic mass is 32.2. The molecule has 1 aromatic heterocycles. The van der Waals surface area contributed by atoms with Gasteiger partial charge in [0.25, 0.3) is 5.91 Å². The highest BCUT2D eigenvalue weighted by Gasteiger charge is 2.42. The molecule has 370 valence electrons. The summed E-state index contributed by atoms with van der Waals surface area (Å²) in [5.74, 6) is -7.46. The Morgan fingerprint density at radius 3 is 1.98 bits per heavy atom. The summed E-state index contributed by atoms with van der Waals surface area (Å²) in [5.41, 5.74) is 5.82. The van der Waals surface area contributed by atoms with E-state index in [-0.39, 0.29) is 51.0 Å². The Morgan fingerprint density at radius 2 is 1.42 bits per heavy atom. The number of rotatable bonds is 27. The van der Waals surface area contributed by atoms with Gasteiger partial charge in [0.2, 0.25) is 41.4 Å². The van der Waals surface area contributed by atoms with Gasteiger partial charge in [0.05, 0.1) is 18.4 Å². The van der Waals surface area contributed by atoms with Gasteiger partial charge in [-0.2, -0.15) is 11.8 Å². The number of imidazole rings is 1. The van der Waals surface area contributed by atoms with E-state index in [1.54, 1.807) is 27.7 Å². The third kappa shape index (κ3) is 16.9. The Labute approximate surface area is 390 Å². The molecule has 2 fully saturated rings. The SMILES string of the molecule is CSCC[C@H](NC(=O)C(NC(=O)[C@@H]1CCCN1C(=O)[C@H](O)[C@@H](CC(C)C)NC(=O)[C@@H](NC(=O)[C@H](CCC(N)=O)NC(=O)[C@@H]1CCCN1)C(C)C)C(C)C)C(=O)N[C@@H](Cc1cnc[nH]1)C(=O)O. The van der Waals surface area contributed by atoms with Crippen LogP contribution in [-0.4, -0.2) is 158 Å². The van der Waals surface area contributed by atoms with Crippen molar-refractivity contribution in [2.75, 3.05) is 25.1 Å². The fourth-order valence-electron chi connectivity index (χ4n) is 7.86. The van der Waals surface area contributed by atoms with Crippen molar-refractivity contribution >= 4 is 65.0 Å². The number of carboxylic acid groups (broad SMARTS) is 1. The molecular formula is C43H71N11O11S. The van der Waals surface area contributed by atoms with Gasteiger partial charge < -0.3 is 63.0 Å². The number of nitrogens with zero attached hydrogens (tertiary/aromatic N) is 2. The van der Waals surface area contributed by atoms with Crippen LogP contribution in [0.2, 0.25) is 0 Å². The maximum atomic E-state index is 14.1. The van der Waals surface area contributed by atoms with E-state index in [9.17, 15) is 53.4 Å². The zero-order chi connectivity index (χ0) is 49.2. The number of nitrogens with one attached hydrogen (secondary N) is 8. The average molecular weight is 950 g/mol. The third-order valence-corrected chi connectivity index (χ3v) is 12.2. The van der Waals surface area contributed by atoms with Gasteiger partial charge >= 0.3 is 5.97 Å². The van der Waals surface area contributed by atoms with Gasteiger partial charge in [0.15, 0.2) is 6.10 Å². The first-order valence-corrected chi connectivity index (χ1v) is 24.1. The third-order valence-electron chi connectivity index (χ3n) is 11.5. The summed E-state index contributed by atoms with van der Waals surface area (Å²) in [6.45, 7) is 11.1. The van der Waals surface area contributed by atoms with E-state index in [4.69, 9.17) is 5.73 Å². The Hall–Kier alpha value is -5.29. The van der Waals surface area contributed by atoms with Crippen LogP contribution < -0.4 is 43.0 Å². The van der Waals surface area contributed by atoms with Gasteiger partial charge in [-0.15, -0.1) is 0 Å². The average Bonchev–Trinajstić information content (AvgIpc) is 4.07. The van der Waals surface area contributed by atoms with E-state index in [2.05, 4.69) is 47.2 Å². The first-order valence-electron chi connectivity index (χ1n) is 22.7. The molecule has 0 radical (unpaired) electrons. The monoisotopic (exact) mass is 950 g/mol. The number of aliphatic hydroxyl groups excluding tert-OH is 1. The number of aliphatic hydroxyl groups is 1. The molecule has 3 rings (SSSR count). The van der Waals surface area contributed by atoms with Gasteiger partial charge in [-0.05, 0) is 81.3 Å². The molecule has 22 nitrogen and oxygen atoms in total. The van der Waals surface area contributed by atoms with Crippen molar-refractivity contribution in [2.45, 2.75) is 154 Å². The lowest BCUT2D eigenvalue weighted by Crippen LogP contribution is -2.61. The number of carbonyl (C=O) groups is 9. The van der Waals surface area contributed by atoms with E-state index in [1.165, 1.54) is 29.2 Å². The zero-order valence-corrected chi connectivity index (χ0v) is 39.8. The second-order valence-electron chi connectivity index (χ2n) is 18.1. The number of aliphatic carboxylic acids is 1. The molecule has 12 N–H and O–H groups in total. The lowest BCUT2D eigenvalue weighted by Gasteiger charge is -2.33. The minimum atomic E-state index is -1.82. The molecule has 0 saturated carbocycles. The fraction of sp³-hybridized carbons (Fsp3) is 0.721. The predicted octanol–water partition coefficient (Wildman–Crippen LogP) is -1.57. The number of amides is 8. The molecule has 8 amide bonds. The van der Waals surface area contributed by atoms with Gasteiger partial charge in [0.1, 0.15) is 36.3 Å². The number of H-pyrrole nitrogens is 1. The number of primary amides is 1. The van der Waals surface area contributed by atoms with Crippen molar-refractivity contribution in [1.29, 1.82) is 0 Å². The summed E-state index contributed by atoms with van der Waals surface area (Å²) in [4.78, 5) is 127. The molecule has 0 spiro atoms. The van der Waals surface area contributed by atoms with E-state index in [1.807, 2.05) is 20.1 Å². The van der Waals surface area contributed by atoms with Crippen molar-refractivity contribution in [1.82, 2.24) is 52.1 Å². The minimum absolute atomic E-state index is 0.0800. The number of likely N-dealkylation sites (tertiary alicyclic amines) is 1. The number of aromatic nitrogens is 2. The molecule has 2 aliphatic rings. The molecule has 2 aliphatic heterocycles. The fourth-order valence-corrected chi connectivity index (χ4v) is 8.33. The molecule has 9 atom stereocenters. The summed E-state index contributed by atoms with van der Waals surface area (Å²) in [7, 11) is 0. The van der Waals surface area contributed by atoms with Crippen LogP contribution in [0.25, 0.3) is 0 Å². The highest BCUT2D eigenvalue weighted by Crippen LogP contribution is 2.22. The summed E-state index contributed by atoms with van der Waals surface area (Å²) < 4.78 is 0. The highest BCUT2D eigenvalue weighted by molar-refractivity contribution is 7.98. The Morgan fingerprint density at radius 1 is 0.803 bits per heavy atom. The van der Waals surface area contributed by atoms with Gasteiger partial charge in [0, 0.05) is 31.3 Å². The van der Waals surface area contributed by atoms with Crippen LogP contribution in [-0.2, 0) is 49.6 Å². The molecular weight excluding hydrogens is 879 g/mol. The van der Waals surface area contributed by atoms with Crippen molar-refractivity contribution in [3.63, 3.8) is 0 Å². The van der Waals surface area contributed by atoms with Gasteiger partial charge in [-0.3, -0.25) is 38.4 Å². The molecule has 1 unspecified atom stereocenters. The summed E-state index contributed by atoms with van der Waals surface area (Å²) in [6.07, 6.45) is 4.64. The van der Waals surface area contributed by atoms with Crippen molar-refractivity contribution in [2.24, 2.45) is 23.5 Å². The molecule has 1 aromatic rings. The molecule has 66 heavy (non-hydrogen) atoms. The van der Waals surface area contributed by atoms with Crippen molar-refractivity contribution in [3.8, 4) is 0 Å². The standard InChI is InChI=1S/C43H71N11O11S/c1-22(2)18-29(50-41(62)33(23(3)4)52-38(59)27(12-13-32(44)55)48-36(57)26-10-8-15-46-26)35(56)42(63)54-16-9-11-31(54)39(60)53-34(24(5)6)40(61)49-28(14-17-66-7)37(58)51-30(43(64)65)19-25-20-45-21-47-25/h20-24,26-31,33-35,46,56H,8-19H2,1-7H3,(H2,44,55)(H,45,47)(H,48,57)(H,49,61)(H,50,62)(H,51,58)(H,52,59)(H,53,60)(H,64,65)/t26-,27-,28-,29+,30-,31-,33-,34?,35+/m0/s1. The largest absolute Gasteiger partial charge is 0.480 e. The molecule has 2 saturated heterocycles. The number of thioether (sulfide) groups is 1. The first-order chi connectivity index (χ1) is 31.1. The lowest BCUT2D eigenvalue weighted by atomic mass is 9.96. The van der Waals surface area contributed by atoms with Crippen molar-refractivity contribution < 1.29 is 53.4 Å². The molecule has 0 aromatic carbocycles. The van der Waals surface area contributed by atoms with Gasteiger partial charge in [-0.25, -0.2) is 9.78 Å². The maximum absolute atomic E-state index is 14.1. The number of nitrogens with two attached hydrogens (primary N) is 1. The number of carbonyl (C=O) groups excluding carboxylic acids is 8. The summed E-state index contributed by atoms with van der Waals surface area (Å²) in [6, 6.07) is -8.79. The molecule has 3 heterocycles. The number of aromatic amines is 1. The second kappa shape index (κ2) is 26.8. The number of hydrogen-bond donors (Lipinski definition) is 11. The second-order valence-corrected chi connectivity index (χ2v) is 19.1. The van der Waals surface area contributed by atoms with Crippen LogP contribution in [0.15, 0.2) is 12.5 Å². The number of hydrogen-bond acceptors (Lipinski definition) is 13. The van der Waals surface area contributed by atoms with Crippen LogP contribution in [0.1, 0.15) is 98.6 Å². The number of carboxylic acids is 1. The predicted molar refractivity (Wildman–Crippen MR) is 244 cm³/mol. The molecule has 0 aliphatic carbocycles. The maximum Gasteiger partial charge on any atom is 0.326 e. The van der Waals surface area contributed by atoms with Gasteiger partial charge in [-0.1, -0.05) is 41.5 Å².